The number of allylic oxidation sites excluding steroid dienone is 1. The van der Waals surface area contributed by atoms with Crippen LogP contribution in [-0.4, -0.2) is 25.2 Å². The SMILES string of the molecule is CC(C)=CCS(=O)(=O)c1ccc(F)c(C(=O)O)c1F. The molecule has 1 aromatic carbocycles. The summed E-state index contributed by atoms with van der Waals surface area (Å²) in [6, 6.07) is 1.35. The Bertz CT molecular complexity index is 644. The fourth-order valence-corrected chi connectivity index (χ4v) is 2.72. The van der Waals surface area contributed by atoms with Gasteiger partial charge in [0.25, 0.3) is 0 Å². The highest BCUT2D eigenvalue weighted by Gasteiger charge is 2.26. The Morgan fingerprint density at radius 1 is 1.32 bits per heavy atom. The number of carboxylic acids is 1. The van der Waals surface area contributed by atoms with Crippen molar-refractivity contribution >= 4 is 15.8 Å². The lowest BCUT2D eigenvalue weighted by Crippen LogP contribution is -2.13. The molecule has 1 aromatic rings. The lowest BCUT2D eigenvalue weighted by molar-refractivity contribution is 0.0685. The molecule has 0 fully saturated rings. The summed E-state index contributed by atoms with van der Waals surface area (Å²) in [5, 5.41) is 8.67. The van der Waals surface area contributed by atoms with Gasteiger partial charge in [0.1, 0.15) is 16.3 Å². The molecule has 0 saturated heterocycles. The highest BCUT2D eigenvalue weighted by molar-refractivity contribution is 7.91. The monoisotopic (exact) mass is 290 g/mol. The van der Waals surface area contributed by atoms with Crippen molar-refractivity contribution in [3.63, 3.8) is 0 Å². The Morgan fingerprint density at radius 3 is 2.37 bits per heavy atom. The molecule has 0 radical (unpaired) electrons. The van der Waals surface area contributed by atoms with Crippen molar-refractivity contribution in [2.45, 2.75) is 18.7 Å². The second-order valence-corrected chi connectivity index (χ2v) is 6.11. The minimum atomic E-state index is -4.04. The lowest BCUT2D eigenvalue weighted by Gasteiger charge is -2.07. The predicted molar refractivity (Wildman–Crippen MR) is 64.8 cm³/mol. The number of halogens is 2. The predicted octanol–water partition coefficient (Wildman–Crippen LogP) is 2.40. The minimum absolute atomic E-state index is 0.475. The molecule has 4 nitrogen and oxygen atoms in total. The van der Waals surface area contributed by atoms with Gasteiger partial charge in [-0.3, -0.25) is 0 Å². The van der Waals surface area contributed by atoms with E-state index >= 15 is 0 Å². The number of benzene rings is 1. The minimum Gasteiger partial charge on any atom is -0.477 e. The maximum absolute atomic E-state index is 13.8. The van der Waals surface area contributed by atoms with Crippen LogP contribution in [0.1, 0.15) is 24.2 Å². The molecule has 0 atom stereocenters. The summed E-state index contributed by atoms with van der Waals surface area (Å²) < 4.78 is 50.6. The van der Waals surface area contributed by atoms with Crippen LogP contribution in [-0.2, 0) is 9.84 Å². The molecule has 19 heavy (non-hydrogen) atoms. The van der Waals surface area contributed by atoms with Crippen molar-refractivity contribution in [2.75, 3.05) is 5.75 Å². The van der Waals surface area contributed by atoms with E-state index < -0.39 is 43.7 Å². The van der Waals surface area contributed by atoms with Crippen molar-refractivity contribution in [1.29, 1.82) is 0 Å². The van der Waals surface area contributed by atoms with Gasteiger partial charge in [-0.15, -0.1) is 0 Å². The molecule has 0 unspecified atom stereocenters. The zero-order valence-electron chi connectivity index (χ0n) is 10.3. The largest absolute Gasteiger partial charge is 0.477 e. The summed E-state index contributed by atoms with van der Waals surface area (Å²) in [4.78, 5) is 9.89. The Morgan fingerprint density at radius 2 is 1.89 bits per heavy atom. The second kappa shape index (κ2) is 5.48. The third-order valence-corrected chi connectivity index (χ3v) is 3.91. The molecular weight excluding hydrogens is 278 g/mol. The number of hydrogen-bond acceptors (Lipinski definition) is 3. The summed E-state index contributed by atoms with van der Waals surface area (Å²) in [7, 11) is -4.04. The Labute approximate surface area is 109 Å². The van der Waals surface area contributed by atoms with Crippen LogP contribution in [0.2, 0.25) is 0 Å². The van der Waals surface area contributed by atoms with Gasteiger partial charge in [0.15, 0.2) is 15.7 Å². The summed E-state index contributed by atoms with van der Waals surface area (Å²) in [6.45, 7) is 3.33. The Balaban J connectivity index is 3.41. The second-order valence-electron chi connectivity index (χ2n) is 4.10. The highest BCUT2D eigenvalue weighted by atomic mass is 32.2. The normalized spacial score (nSPS) is 11.2. The summed E-state index contributed by atoms with van der Waals surface area (Å²) in [5.41, 5.74) is -0.553. The van der Waals surface area contributed by atoms with Crippen LogP contribution in [0.15, 0.2) is 28.7 Å². The van der Waals surface area contributed by atoms with Crippen LogP contribution >= 0.6 is 0 Å². The van der Waals surface area contributed by atoms with Crippen molar-refractivity contribution in [3.05, 3.63) is 41.0 Å². The van der Waals surface area contributed by atoms with Crippen LogP contribution in [0.5, 0.6) is 0 Å². The Hall–Kier alpha value is -1.76. The lowest BCUT2D eigenvalue weighted by atomic mass is 10.2. The molecule has 1 rings (SSSR count). The van der Waals surface area contributed by atoms with Gasteiger partial charge in [0.2, 0.25) is 0 Å². The van der Waals surface area contributed by atoms with E-state index in [2.05, 4.69) is 0 Å². The van der Waals surface area contributed by atoms with Gasteiger partial charge >= 0.3 is 5.97 Å². The van der Waals surface area contributed by atoms with Crippen LogP contribution in [0.3, 0.4) is 0 Å². The topological polar surface area (TPSA) is 71.4 Å². The summed E-state index contributed by atoms with van der Waals surface area (Å²) in [5.74, 6) is -5.22. The van der Waals surface area contributed by atoms with Gasteiger partial charge < -0.3 is 5.11 Å². The highest BCUT2D eigenvalue weighted by Crippen LogP contribution is 2.22. The van der Waals surface area contributed by atoms with Gasteiger partial charge in [-0.05, 0) is 26.0 Å². The molecule has 0 amide bonds. The third kappa shape index (κ3) is 3.37. The van der Waals surface area contributed by atoms with Crippen LogP contribution in [0.4, 0.5) is 8.78 Å². The van der Waals surface area contributed by atoms with Crippen LogP contribution in [0, 0.1) is 11.6 Å². The van der Waals surface area contributed by atoms with Gasteiger partial charge in [0.05, 0.1) is 5.75 Å². The molecule has 0 aromatic heterocycles. The maximum atomic E-state index is 13.8. The molecule has 0 aliphatic rings. The van der Waals surface area contributed by atoms with Crippen LogP contribution in [0.25, 0.3) is 0 Å². The van der Waals surface area contributed by atoms with Crippen molar-refractivity contribution in [2.24, 2.45) is 0 Å². The first-order valence-electron chi connectivity index (χ1n) is 5.24. The van der Waals surface area contributed by atoms with E-state index in [1.54, 1.807) is 13.8 Å². The zero-order chi connectivity index (χ0) is 14.8. The molecule has 0 bridgehead atoms. The van der Waals surface area contributed by atoms with Gasteiger partial charge in [-0.2, -0.15) is 0 Å². The first kappa shape index (κ1) is 15.3. The molecular formula is C12H12F2O4S. The standard InChI is InChI=1S/C12H12F2O4S/c1-7(2)5-6-19(17,18)9-4-3-8(13)10(11(9)14)12(15)16/h3-5H,6H2,1-2H3,(H,15,16). The first-order chi connectivity index (χ1) is 8.66. The quantitative estimate of drug-likeness (QED) is 0.682. The van der Waals surface area contributed by atoms with E-state index in [1.807, 2.05) is 0 Å². The summed E-state index contributed by atoms with van der Waals surface area (Å²) in [6.07, 6.45) is 1.36. The third-order valence-electron chi connectivity index (χ3n) is 2.32. The summed E-state index contributed by atoms with van der Waals surface area (Å²) >= 11 is 0. The zero-order valence-corrected chi connectivity index (χ0v) is 11.1. The maximum Gasteiger partial charge on any atom is 0.341 e. The number of carbonyl (C=O) groups is 1. The van der Waals surface area contributed by atoms with E-state index in [1.165, 1.54) is 6.08 Å². The van der Waals surface area contributed by atoms with Gasteiger partial charge in [-0.25, -0.2) is 22.0 Å². The van der Waals surface area contributed by atoms with E-state index in [-0.39, 0.29) is 0 Å². The molecule has 1 N–H and O–H groups in total. The molecule has 0 spiro atoms. The fourth-order valence-electron chi connectivity index (χ4n) is 1.34. The molecule has 7 heteroatoms. The Kier molecular flexibility index (Phi) is 4.41. The smallest absolute Gasteiger partial charge is 0.341 e. The van der Waals surface area contributed by atoms with Gasteiger partial charge in [0, 0.05) is 0 Å². The number of hydrogen-bond donors (Lipinski definition) is 1. The van der Waals surface area contributed by atoms with Gasteiger partial charge in [-0.1, -0.05) is 11.6 Å². The number of rotatable bonds is 4. The number of sulfone groups is 1. The van der Waals surface area contributed by atoms with E-state index in [0.29, 0.717) is 11.6 Å². The van der Waals surface area contributed by atoms with Crippen molar-refractivity contribution in [3.8, 4) is 0 Å². The van der Waals surface area contributed by atoms with E-state index in [0.717, 1.165) is 6.07 Å². The molecule has 104 valence electrons. The number of carboxylic acid groups (broad SMARTS) is 1. The van der Waals surface area contributed by atoms with E-state index in [4.69, 9.17) is 5.11 Å². The first-order valence-corrected chi connectivity index (χ1v) is 6.89. The fraction of sp³-hybridized carbons (Fsp3) is 0.250. The van der Waals surface area contributed by atoms with Crippen LogP contribution < -0.4 is 0 Å². The van der Waals surface area contributed by atoms with Crippen molar-refractivity contribution in [1.82, 2.24) is 0 Å². The average molecular weight is 290 g/mol. The molecule has 0 saturated carbocycles. The van der Waals surface area contributed by atoms with E-state index in [9.17, 15) is 22.0 Å². The molecule has 0 aliphatic carbocycles. The van der Waals surface area contributed by atoms with Crippen molar-refractivity contribution < 1.29 is 27.1 Å². The number of aromatic carboxylic acids is 1. The average Bonchev–Trinajstić information content (AvgIpc) is 2.25. The molecule has 0 aliphatic heterocycles. The molecule has 0 heterocycles.